The lowest BCUT2D eigenvalue weighted by Gasteiger charge is -2.08. The SMILES string of the molecule is O=C(NCc1ccc(CNC(=O)c2[nH]c(C(=O)Nc3ccccc3)c(Cl)c2Cl)cc1)c1[nH]c(C(=O)Nc2ccccc2)c(Cl)c1Cl. The summed E-state index contributed by atoms with van der Waals surface area (Å²) in [6.45, 7) is 0.294. The first kappa shape index (κ1) is 32.6. The average Bonchev–Trinajstić information content (AvgIpc) is 3.54. The molecule has 0 aliphatic carbocycles. The predicted molar refractivity (Wildman–Crippen MR) is 179 cm³/mol. The molecule has 2 aromatic heterocycles. The van der Waals surface area contributed by atoms with Gasteiger partial charge in [-0.3, -0.25) is 19.2 Å². The first-order valence-corrected chi connectivity index (χ1v) is 15.1. The number of anilines is 2. The Kier molecular flexibility index (Phi) is 10.3. The summed E-state index contributed by atoms with van der Waals surface area (Å²) in [5.74, 6) is -2.20. The van der Waals surface area contributed by atoms with Crippen LogP contribution in [0, 0.1) is 0 Å². The van der Waals surface area contributed by atoms with E-state index in [0.717, 1.165) is 11.1 Å². The van der Waals surface area contributed by atoms with E-state index in [0.29, 0.717) is 11.4 Å². The number of aromatic amines is 2. The summed E-state index contributed by atoms with van der Waals surface area (Å²) in [7, 11) is 0. The number of rotatable bonds is 10. The third kappa shape index (κ3) is 7.55. The number of carbonyl (C=O) groups excluding carboxylic acids is 4. The van der Waals surface area contributed by atoms with E-state index in [9.17, 15) is 19.2 Å². The van der Waals surface area contributed by atoms with E-state index in [1.807, 2.05) is 12.1 Å². The zero-order valence-corrected chi connectivity index (χ0v) is 26.7. The Morgan fingerprint density at radius 3 is 1.09 bits per heavy atom. The number of hydrogen-bond acceptors (Lipinski definition) is 4. The largest absolute Gasteiger partial charge is 0.347 e. The van der Waals surface area contributed by atoms with Gasteiger partial charge in [-0.15, -0.1) is 0 Å². The van der Waals surface area contributed by atoms with E-state index >= 15 is 0 Å². The van der Waals surface area contributed by atoms with Crippen molar-refractivity contribution in [1.29, 1.82) is 0 Å². The van der Waals surface area contributed by atoms with Crippen LogP contribution in [0.5, 0.6) is 0 Å². The van der Waals surface area contributed by atoms with Crippen molar-refractivity contribution in [3.05, 3.63) is 139 Å². The molecule has 10 nitrogen and oxygen atoms in total. The molecule has 2 heterocycles. The molecule has 0 radical (unpaired) electrons. The van der Waals surface area contributed by atoms with Crippen molar-refractivity contribution < 1.29 is 19.2 Å². The smallest absolute Gasteiger partial charge is 0.273 e. The molecular weight excluding hydrogens is 674 g/mol. The first-order chi connectivity index (χ1) is 22.1. The van der Waals surface area contributed by atoms with Crippen LogP contribution in [0.25, 0.3) is 0 Å². The maximum atomic E-state index is 12.8. The molecule has 14 heteroatoms. The summed E-state index contributed by atoms with van der Waals surface area (Å²) in [6.07, 6.45) is 0. The number of hydrogen-bond donors (Lipinski definition) is 6. The highest BCUT2D eigenvalue weighted by Gasteiger charge is 2.25. The van der Waals surface area contributed by atoms with Gasteiger partial charge in [0.2, 0.25) is 0 Å². The van der Waals surface area contributed by atoms with E-state index in [-0.39, 0.29) is 56.0 Å². The molecule has 0 saturated heterocycles. The second-order valence-corrected chi connectivity index (χ2v) is 11.3. The zero-order chi connectivity index (χ0) is 32.8. The molecule has 4 amide bonds. The highest BCUT2D eigenvalue weighted by atomic mass is 35.5. The van der Waals surface area contributed by atoms with Crippen LogP contribution in [0.15, 0.2) is 84.9 Å². The average molecular weight is 698 g/mol. The summed E-state index contributed by atoms with van der Waals surface area (Å²) in [4.78, 5) is 56.4. The van der Waals surface area contributed by atoms with Crippen LogP contribution in [-0.2, 0) is 13.1 Å². The van der Waals surface area contributed by atoms with Crippen LogP contribution in [-0.4, -0.2) is 33.6 Å². The quantitative estimate of drug-likeness (QED) is 0.0907. The van der Waals surface area contributed by atoms with Crippen molar-refractivity contribution in [3.8, 4) is 0 Å². The predicted octanol–water partition coefficient (Wildman–Crippen LogP) is 7.32. The molecule has 5 aromatic rings. The third-order valence-corrected chi connectivity index (χ3v) is 8.37. The summed E-state index contributed by atoms with van der Waals surface area (Å²) >= 11 is 25.0. The van der Waals surface area contributed by atoms with Crippen molar-refractivity contribution in [2.45, 2.75) is 13.1 Å². The Hall–Kier alpha value is -4.74. The van der Waals surface area contributed by atoms with Gasteiger partial charge in [0.15, 0.2) is 0 Å². The second kappa shape index (κ2) is 14.6. The third-order valence-electron chi connectivity index (χ3n) is 6.66. The number of para-hydroxylation sites is 2. The van der Waals surface area contributed by atoms with Crippen molar-refractivity contribution in [2.75, 3.05) is 10.6 Å². The van der Waals surface area contributed by atoms with Crippen LogP contribution < -0.4 is 21.3 Å². The topological polar surface area (TPSA) is 148 Å². The Bertz CT molecular complexity index is 1770. The van der Waals surface area contributed by atoms with Crippen LogP contribution in [0.4, 0.5) is 11.4 Å². The molecule has 3 aromatic carbocycles. The Morgan fingerprint density at radius 2 is 0.761 bits per heavy atom. The van der Waals surface area contributed by atoms with Crippen molar-refractivity contribution in [2.24, 2.45) is 0 Å². The van der Waals surface area contributed by atoms with Crippen molar-refractivity contribution in [1.82, 2.24) is 20.6 Å². The van der Waals surface area contributed by atoms with Gasteiger partial charge in [-0.05, 0) is 35.4 Å². The maximum absolute atomic E-state index is 12.8. The molecule has 0 aliphatic rings. The van der Waals surface area contributed by atoms with E-state index in [4.69, 9.17) is 46.4 Å². The molecule has 234 valence electrons. The normalized spacial score (nSPS) is 10.7. The number of benzene rings is 3. The van der Waals surface area contributed by atoms with Gasteiger partial charge in [0.1, 0.15) is 22.8 Å². The van der Waals surface area contributed by atoms with Gasteiger partial charge in [0.05, 0.1) is 20.1 Å². The lowest BCUT2D eigenvalue weighted by molar-refractivity contribution is 0.0937. The van der Waals surface area contributed by atoms with Gasteiger partial charge in [-0.1, -0.05) is 107 Å². The maximum Gasteiger partial charge on any atom is 0.273 e. The molecule has 0 fully saturated rings. The van der Waals surface area contributed by atoms with Gasteiger partial charge in [-0.2, -0.15) is 0 Å². The van der Waals surface area contributed by atoms with Crippen LogP contribution >= 0.6 is 46.4 Å². The summed E-state index contributed by atoms with van der Waals surface area (Å²) in [5, 5.41) is 10.6. The van der Waals surface area contributed by atoms with Crippen LogP contribution in [0.1, 0.15) is 53.1 Å². The van der Waals surface area contributed by atoms with Crippen molar-refractivity contribution >= 4 is 81.4 Å². The van der Waals surface area contributed by atoms with Crippen LogP contribution in [0.3, 0.4) is 0 Å². The Labute approximate surface area is 282 Å². The molecule has 6 N–H and O–H groups in total. The molecule has 0 bridgehead atoms. The van der Waals surface area contributed by atoms with E-state index in [1.54, 1.807) is 72.8 Å². The van der Waals surface area contributed by atoms with E-state index < -0.39 is 23.6 Å². The number of halogens is 4. The lowest BCUT2D eigenvalue weighted by Crippen LogP contribution is -2.24. The first-order valence-electron chi connectivity index (χ1n) is 13.6. The molecule has 5 rings (SSSR count). The molecular formula is C32H24Cl4N6O4. The fourth-order valence-electron chi connectivity index (χ4n) is 4.28. The van der Waals surface area contributed by atoms with Crippen molar-refractivity contribution in [3.63, 3.8) is 0 Å². The number of H-pyrrole nitrogens is 2. The standard InChI is InChI=1S/C32H24Cl4N6O4/c33-21-23(35)27(31(45)39-19-7-3-1-4-8-19)41-25(21)29(43)37-15-17-11-13-18(14-12-17)16-38-30(44)26-22(34)24(36)28(42-26)32(46)40-20-9-5-2-6-10-20/h1-14,41-42H,15-16H2,(H,37,43)(H,38,44)(H,39,45)(H,40,46). The zero-order valence-electron chi connectivity index (χ0n) is 23.6. The second-order valence-electron chi connectivity index (χ2n) is 9.83. The van der Waals surface area contributed by atoms with E-state index in [2.05, 4.69) is 31.2 Å². The van der Waals surface area contributed by atoms with Gasteiger partial charge in [0, 0.05) is 24.5 Å². The number of carbonyl (C=O) groups is 4. The van der Waals surface area contributed by atoms with Gasteiger partial charge in [-0.25, -0.2) is 0 Å². The highest BCUT2D eigenvalue weighted by molar-refractivity contribution is 6.46. The molecule has 0 saturated carbocycles. The number of nitrogens with one attached hydrogen (secondary N) is 6. The summed E-state index contributed by atoms with van der Waals surface area (Å²) < 4.78 is 0. The lowest BCUT2D eigenvalue weighted by atomic mass is 10.1. The monoisotopic (exact) mass is 696 g/mol. The van der Waals surface area contributed by atoms with Gasteiger partial charge >= 0.3 is 0 Å². The molecule has 0 aliphatic heterocycles. The minimum absolute atomic E-state index is 0.0401. The van der Waals surface area contributed by atoms with Crippen LogP contribution in [0.2, 0.25) is 20.1 Å². The van der Waals surface area contributed by atoms with Gasteiger partial charge in [0.25, 0.3) is 23.6 Å². The minimum Gasteiger partial charge on any atom is -0.347 e. The molecule has 46 heavy (non-hydrogen) atoms. The Balaban J connectivity index is 1.14. The molecule has 0 unspecified atom stereocenters. The van der Waals surface area contributed by atoms with Gasteiger partial charge < -0.3 is 31.2 Å². The Morgan fingerprint density at radius 1 is 0.457 bits per heavy atom. The highest BCUT2D eigenvalue weighted by Crippen LogP contribution is 2.31. The molecule has 0 spiro atoms. The van der Waals surface area contributed by atoms with E-state index in [1.165, 1.54) is 0 Å². The summed E-state index contributed by atoms with van der Waals surface area (Å²) in [5.41, 5.74) is 2.45. The summed E-state index contributed by atoms with van der Waals surface area (Å²) in [6, 6.07) is 24.6. The minimum atomic E-state index is -0.555. The number of aromatic nitrogens is 2. The number of amides is 4. The fourth-order valence-corrected chi connectivity index (χ4v) is 5.19. The fraction of sp³-hybridized carbons (Fsp3) is 0.0625. The molecule has 0 atom stereocenters.